The molecule has 0 saturated heterocycles. The molecule has 0 heterocycles. The summed E-state index contributed by atoms with van der Waals surface area (Å²) >= 11 is 0. The van der Waals surface area contributed by atoms with Gasteiger partial charge in [0.25, 0.3) is 0 Å². The number of hydrogen-bond acceptors (Lipinski definition) is 2. The van der Waals surface area contributed by atoms with Crippen LogP contribution in [0.25, 0.3) is 0 Å². The topological polar surface area (TPSA) is 40.5 Å². The van der Waals surface area contributed by atoms with Crippen molar-refractivity contribution >= 4 is 0 Å². The lowest BCUT2D eigenvalue weighted by Gasteiger charge is -2.26. The molecule has 1 aromatic carbocycles. The van der Waals surface area contributed by atoms with Gasteiger partial charge in [0.15, 0.2) is 5.60 Å². The molecule has 1 aromatic rings. The third kappa shape index (κ3) is 8.58. The molecule has 25 heavy (non-hydrogen) atoms. The van der Waals surface area contributed by atoms with Crippen LogP contribution in [-0.2, 0) is 12.8 Å². The summed E-state index contributed by atoms with van der Waals surface area (Å²) in [5.74, 6) is 0. The van der Waals surface area contributed by atoms with Crippen LogP contribution in [0.5, 0.6) is 0 Å². The van der Waals surface area contributed by atoms with E-state index in [-0.39, 0.29) is 6.42 Å². The van der Waals surface area contributed by atoms with Crippen LogP contribution in [0, 0.1) is 0 Å². The Morgan fingerprint density at radius 2 is 1.36 bits per heavy atom. The zero-order valence-corrected chi connectivity index (χ0v) is 14.4. The number of alkyl halides is 6. The Bertz CT molecular complexity index is 491. The average Bonchev–Trinajstić information content (AvgIpc) is 2.47. The molecule has 0 amide bonds. The molecular formula is C17H24F6O2. The molecule has 0 bridgehead atoms. The molecule has 1 rings (SSSR count). The minimum Gasteiger partial charge on any atom is -0.384 e. The SMILES string of the molecule is CCC(O)C(F)(F)F.CCCc1ccc(CC(C)(O)C(F)(F)F)cc1. The summed E-state index contributed by atoms with van der Waals surface area (Å²) in [5, 5.41) is 17.4. The van der Waals surface area contributed by atoms with Gasteiger partial charge in [-0.3, -0.25) is 0 Å². The van der Waals surface area contributed by atoms with Gasteiger partial charge in [-0.25, -0.2) is 0 Å². The molecule has 0 aliphatic rings. The van der Waals surface area contributed by atoms with Gasteiger partial charge in [-0.1, -0.05) is 44.5 Å². The number of aliphatic hydroxyl groups excluding tert-OH is 1. The summed E-state index contributed by atoms with van der Waals surface area (Å²) in [7, 11) is 0. The van der Waals surface area contributed by atoms with Crippen LogP contribution in [0.4, 0.5) is 26.3 Å². The molecule has 2 N–H and O–H groups in total. The van der Waals surface area contributed by atoms with Crippen LogP contribution < -0.4 is 0 Å². The minimum absolute atomic E-state index is 0.274. The number of halogens is 6. The highest BCUT2D eigenvalue weighted by atomic mass is 19.4. The summed E-state index contributed by atoms with van der Waals surface area (Å²) in [6, 6.07) is 6.91. The molecular weight excluding hydrogens is 350 g/mol. The number of benzene rings is 1. The second-order valence-corrected chi connectivity index (χ2v) is 5.98. The van der Waals surface area contributed by atoms with Gasteiger partial charge in [0.2, 0.25) is 0 Å². The molecule has 2 unspecified atom stereocenters. The van der Waals surface area contributed by atoms with E-state index < -0.39 is 30.5 Å². The molecule has 2 atom stereocenters. The molecule has 146 valence electrons. The lowest BCUT2D eigenvalue weighted by molar-refractivity contribution is -0.252. The zero-order chi connectivity index (χ0) is 19.9. The van der Waals surface area contributed by atoms with E-state index in [1.54, 1.807) is 12.1 Å². The van der Waals surface area contributed by atoms with Crippen LogP contribution in [0.15, 0.2) is 24.3 Å². The quantitative estimate of drug-likeness (QED) is 0.726. The monoisotopic (exact) mass is 374 g/mol. The van der Waals surface area contributed by atoms with Gasteiger partial charge in [-0.2, -0.15) is 26.3 Å². The predicted molar refractivity (Wildman–Crippen MR) is 83.2 cm³/mol. The van der Waals surface area contributed by atoms with Crippen molar-refractivity contribution in [3.8, 4) is 0 Å². The first-order chi connectivity index (χ1) is 11.2. The van der Waals surface area contributed by atoms with Gasteiger partial charge >= 0.3 is 12.4 Å². The van der Waals surface area contributed by atoms with Crippen LogP contribution in [0.1, 0.15) is 44.7 Å². The van der Waals surface area contributed by atoms with Crippen LogP contribution in [-0.4, -0.2) is 34.3 Å². The van der Waals surface area contributed by atoms with E-state index in [1.807, 2.05) is 19.1 Å². The maximum absolute atomic E-state index is 12.5. The van der Waals surface area contributed by atoms with Gasteiger partial charge < -0.3 is 10.2 Å². The first-order valence-corrected chi connectivity index (χ1v) is 7.86. The van der Waals surface area contributed by atoms with Crippen molar-refractivity contribution in [1.82, 2.24) is 0 Å². The standard InChI is InChI=1S/C13H17F3O.C4H7F3O/c1-3-4-10-5-7-11(8-6-10)9-12(2,17)13(14,15)16;1-2-3(8)4(5,6)7/h5-8,17H,3-4,9H2,1-2H3;3,8H,2H2,1H3. The molecule has 0 spiro atoms. The van der Waals surface area contributed by atoms with Gasteiger partial charge in [-0.05, 0) is 30.9 Å². The second-order valence-electron chi connectivity index (χ2n) is 5.98. The Balaban J connectivity index is 0.000000609. The van der Waals surface area contributed by atoms with Gasteiger partial charge in [0, 0.05) is 6.42 Å². The number of hydrogen-bond donors (Lipinski definition) is 2. The van der Waals surface area contributed by atoms with E-state index >= 15 is 0 Å². The van der Waals surface area contributed by atoms with Gasteiger partial charge in [0.05, 0.1) is 0 Å². The number of aliphatic hydroxyl groups is 2. The van der Waals surface area contributed by atoms with E-state index in [1.165, 1.54) is 6.92 Å². The first kappa shape index (κ1) is 23.7. The summed E-state index contributed by atoms with van der Waals surface area (Å²) < 4.78 is 71.0. The summed E-state index contributed by atoms with van der Waals surface area (Å²) in [4.78, 5) is 0. The zero-order valence-electron chi connectivity index (χ0n) is 14.4. The maximum Gasteiger partial charge on any atom is 0.417 e. The highest BCUT2D eigenvalue weighted by molar-refractivity contribution is 5.24. The lowest BCUT2D eigenvalue weighted by Crippen LogP contribution is -2.44. The van der Waals surface area contributed by atoms with Crippen LogP contribution >= 0.6 is 0 Å². The van der Waals surface area contributed by atoms with Crippen molar-refractivity contribution in [2.24, 2.45) is 0 Å². The normalized spacial score (nSPS) is 15.8. The number of aryl methyl sites for hydroxylation is 1. The third-order valence-electron chi connectivity index (χ3n) is 3.49. The lowest BCUT2D eigenvalue weighted by atomic mass is 9.95. The Morgan fingerprint density at radius 1 is 0.920 bits per heavy atom. The fourth-order valence-electron chi connectivity index (χ4n) is 1.84. The van der Waals surface area contributed by atoms with Gasteiger partial charge in [0.1, 0.15) is 6.10 Å². The molecule has 0 saturated carbocycles. The molecule has 2 nitrogen and oxygen atoms in total. The fraction of sp³-hybridized carbons (Fsp3) is 0.647. The largest absolute Gasteiger partial charge is 0.417 e. The smallest absolute Gasteiger partial charge is 0.384 e. The van der Waals surface area contributed by atoms with Crippen LogP contribution in [0.3, 0.4) is 0 Å². The second kappa shape index (κ2) is 9.43. The molecule has 0 aliphatic carbocycles. The molecule has 0 radical (unpaired) electrons. The minimum atomic E-state index is -4.60. The predicted octanol–water partition coefficient (Wildman–Crippen LogP) is 4.81. The Hall–Kier alpha value is -1.28. The number of rotatable bonds is 5. The Kier molecular flexibility index (Phi) is 8.94. The van der Waals surface area contributed by atoms with E-state index in [0.29, 0.717) is 5.56 Å². The summed E-state index contributed by atoms with van der Waals surface area (Å²) in [6.45, 7) is 4.12. The third-order valence-corrected chi connectivity index (χ3v) is 3.49. The molecule has 0 aromatic heterocycles. The molecule has 0 aliphatic heterocycles. The van der Waals surface area contributed by atoms with Crippen molar-refractivity contribution in [2.45, 2.75) is 70.5 Å². The van der Waals surface area contributed by atoms with Crippen molar-refractivity contribution in [3.63, 3.8) is 0 Å². The first-order valence-electron chi connectivity index (χ1n) is 7.86. The Labute approximate surface area is 143 Å². The highest BCUT2D eigenvalue weighted by Gasteiger charge is 2.49. The van der Waals surface area contributed by atoms with E-state index in [0.717, 1.165) is 25.3 Å². The Morgan fingerprint density at radius 3 is 1.64 bits per heavy atom. The summed E-state index contributed by atoms with van der Waals surface area (Å²) in [5.41, 5.74) is -1.07. The van der Waals surface area contributed by atoms with Crippen LogP contribution in [0.2, 0.25) is 0 Å². The van der Waals surface area contributed by atoms with Crippen molar-refractivity contribution < 1.29 is 36.6 Å². The fourth-order valence-corrected chi connectivity index (χ4v) is 1.84. The average molecular weight is 374 g/mol. The van der Waals surface area contributed by atoms with E-state index in [9.17, 15) is 31.4 Å². The van der Waals surface area contributed by atoms with Crippen molar-refractivity contribution in [2.75, 3.05) is 0 Å². The van der Waals surface area contributed by atoms with Crippen molar-refractivity contribution in [3.05, 3.63) is 35.4 Å². The van der Waals surface area contributed by atoms with E-state index in [2.05, 4.69) is 0 Å². The van der Waals surface area contributed by atoms with Gasteiger partial charge in [-0.15, -0.1) is 0 Å². The van der Waals surface area contributed by atoms with Crippen molar-refractivity contribution in [1.29, 1.82) is 0 Å². The molecule has 0 fully saturated rings. The maximum atomic E-state index is 12.5. The van der Waals surface area contributed by atoms with E-state index in [4.69, 9.17) is 5.11 Å². The summed E-state index contributed by atoms with van der Waals surface area (Å²) in [6.07, 6.45) is -9.96. The molecule has 8 heteroatoms. The highest BCUT2D eigenvalue weighted by Crippen LogP contribution is 2.32.